The lowest BCUT2D eigenvalue weighted by Crippen LogP contribution is -2.36. The number of phenolic OH excluding ortho intramolecular Hbond substituents is 3. The first-order valence-electron chi connectivity index (χ1n) is 13.4. The number of aromatic amines is 1. The fourth-order valence-electron chi connectivity index (χ4n) is 6.37. The number of fused-ring (bicyclic) bond motifs is 5. The van der Waals surface area contributed by atoms with Gasteiger partial charge < -0.3 is 29.9 Å². The van der Waals surface area contributed by atoms with Crippen LogP contribution in [0.5, 0.6) is 17.2 Å². The molecule has 0 bridgehead atoms. The zero-order valence-corrected chi connectivity index (χ0v) is 25.4. The van der Waals surface area contributed by atoms with Crippen molar-refractivity contribution in [2.45, 2.75) is 18.3 Å². The Balaban J connectivity index is 1.51. The normalized spacial score (nSPS) is 18.6. The number of hydrogen-bond donors (Lipinski definition) is 5. The molecule has 15 heteroatoms. The Bertz CT molecular complexity index is 2090. The average Bonchev–Trinajstić information content (AvgIpc) is 3.48. The maximum absolute atomic E-state index is 14.2. The number of Topliss-reactive ketones (excluding diaryl/α,β-unsaturated/α-hetero) is 3. The smallest absolute Gasteiger partial charge is 0.260 e. The van der Waals surface area contributed by atoms with Crippen molar-refractivity contribution < 1.29 is 44.0 Å². The van der Waals surface area contributed by atoms with Crippen molar-refractivity contribution in [2.75, 3.05) is 27.7 Å². The van der Waals surface area contributed by atoms with Crippen LogP contribution in [0.25, 0.3) is 10.8 Å². The molecule has 0 fully saturated rings. The Morgan fingerprint density at radius 3 is 2.33 bits per heavy atom. The quantitative estimate of drug-likeness (QED) is 0.113. The molecular weight excluding hydrogens is 656 g/mol. The van der Waals surface area contributed by atoms with Crippen molar-refractivity contribution in [3.63, 3.8) is 0 Å². The van der Waals surface area contributed by atoms with Gasteiger partial charge in [-0.2, -0.15) is 5.10 Å². The summed E-state index contributed by atoms with van der Waals surface area (Å²) in [5.41, 5.74) is -3.02. The predicted molar refractivity (Wildman–Crippen MR) is 160 cm³/mol. The fraction of sp³-hybridized carbons (Fsp3) is 0.233. The van der Waals surface area contributed by atoms with Crippen LogP contribution in [0.3, 0.4) is 0 Å². The second kappa shape index (κ2) is 10.2. The highest BCUT2D eigenvalue weighted by atomic mass is 79.9. The van der Waals surface area contributed by atoms with E-state index < -0.39 is 85.3 Å². The standard InChI is InChI=1S/C30H23BrN4O10/c1-35(2)9-15(37)34-32-8-10-6-12-16(29(44)33-10)26(41)21-11(22(12)31)4-5-30(21)27(42)19-20(28(30)43)25(40)18-17(24(19)39)13(36)7-14(45-3)23(18)38/h6-8,39-41H,4-5,9H2,1-3H3,(H,33,44)(H,34,37)/t30-/m0/s1. The maximum atomic E-state index is 14.2. The van der Waals surface area contributed by atoms with E-state index in [4.69, 9.17) is 4.74 Å². The van der Waals surface area contributed by atoms with Crippen LogP contribution in [-0.4, -0.2) is 88.2 Å². The van der Waals surface area contributed by atoms with E-state index in [0.717, 1.165) is 13.2 Å². The number of hydrazone groups is 1. The van der Waals surface area contributed by atoms with Gasteiger partial charge in [0.05, 0.1) is 53.2 Å². The van der Waals surface area contributed by atoms with Gasteiger partial charge >= 0.3 is 0 Å². The Morgan fingerprint density at radius 2 is 1.71 bits per heavy atom. The van der Waals surface area contributed by atoms with Crippen LogP contribution in [0.4, 0.5) is 0 Å². The number of carbonyl (C=O) groups excluding carboxylic acids is 5. The number of likely N-dealkylation sites (N-methyl/N-ethyl adjacent to an activating group) is 1. The first-order valence-corrected chi connectivity index (χ1v) is 14.2. The molecule has 14 nitrogen and oxygen atoms in total. The lowest BCUT2D eigenvalue weighted by atomic mass is 9.76. The van der Waals surface area contributed by atoms with Crippen molar-refractivity contribution >= 4 is 62.0 Å². The van der Waals surface area contributed by atoms with E-state index in [1.54, 1.807) is 19.0 Å². The molecule has 1 heterocycles. The molecule has 1 amide bonds. The van der Waals surface area contributed by atoms with Gasteiger partial charge in [-0.1, -0.05) is 0 Å². The summed E-state index contributed by atoms with van der Waals surface area (Å²) in [7, 11) is 4.54. The number of aromatic hydroxyl groups is 3. The first kappa shape index (κ1) is 29.9. The van der Waals surface area contributed by atoms with Crippen molar-refractivity contribution in [3.8, 4) is 17.2 Å². The van der Waals surface area contributed by atoms with Crippen LogP contribution in [-0.2, 0) is 21.4 Å². The summed E-state index contributed by atoms with van der Waals surface area (Å²) in [6.07, 6.45) is 1.84. The van der Waals surface area contributed by atoms with E-state index in [0.29, 0.717) is 10.0 Å². The molecule has 3 aliphatic carbocycles. The number of halogens is 1. The lowest BCUT2D eigenvalue weighted by molar-refractivity contribution is -0.121. The van der Waals surface area contributed by atoms with E-state index in [9.17, 15) is 44.1 Å². The number of H-pyrrole nitrogens is 1. The van der Waals surface area contributed by atoms with E-state index >= 15 is 0 Å². The van der Waals surface area contributed by atoms with Crippen molar-refractivity contribution in [1.82, 2.24) is 15.3 Å². The van der Waals surface area contributed by atoms with Gasteiger partial charge in [0, 0.05) is 21.5 Å². The minimum Gasteiger partial charge on any atom is -0.507 e. The summed E-state index contributed by atoms with van der Waals surface area (Å²) in [5, 5.41) is 37.6. The number of pyridine rings is 1. The average molecular weight is 679 g/mol. The van der Waals surface area contributed by atoms with Crippen LogP contribution in [0.1, 0.15) is 64.7 Å². The van der Waals surface area contributed by atoms with Gasteiger partial charge in [0.15, 0.2) is 23.1 Å². The van der Waals surface area contributed by atoms with Gasteiger partial charge in [-0.15, -0.1) is 0 Å². The fourth-order valence-corrected chi connectivity index (χ4v) is 7.08. The number of ether oxygens (including phenoxy) is 1. The van der Waals surface area contributed by atoms with E-state index in [1.807, 2.05) is 0 Å². The molecule has 0 unspecified atom stereocenters. The van der Waals surface area contributed by atoms with Crippen molar-refractivity contribution in [1.29, 1.82) is 0 Å². The van der Waals surface area contributed by atoms with Gasteiger partial charge in [-0.3, -0.25) is 28.8 Å². The summed E-state index contributed by atoms with van der Waals surface area (Å²) < 4.78 is 5.21. The molecule has 6 rings (SSSR count). The summed E-state index contributed by atoms with van der Waals surface area (Å²) in [6, 6.07) is 1.48. The molecule has 1 atom stereocenters. The highest BCUT2D eigenvalue weighted by Crippen LogP contribution is 2.58. The number of carbonyl (C=O) groups is 5. The van der Waals surface area contributed by atoms with Gasteiger partial charge in [-0.05, 0) is 54.5 Å². The molecule has 0 radical (unpaired) electrons. The van der Waals surface area contributed by atoms with Crippen molar-refractivity contribution in [2.24, 2.45) is 5.10 Å². The Kier molecular flexibility index (Phi) is 6.78. The molecule has 45 heavy (non-hydrogen) atoms. The molecule has 1 aromatic heterocycles. The zero-order chi connectivity index (χ0) is 32.7. The number of phenols is 3. The molecule has 3 aromatic rings. The third-order valence-corrected chi connectivity index (χ3v) is 9.12. The Morgan fingerprint density at radius 1 is 1.07 bits per heavy atom. The largest absolute Gasteiger partial charge is 0.507 e. The Labute approximate surface area is 261 Å². The lowest BCUT2D eigenvalue weighted by Gasteiger charge is -2.23. The minimum atomic E-state index is -2.18. The van der Waals surface area contributed by atoms with Crippen molar-refractivity contribution in [3.05, 3.63) is 71.8 Å². The molecule has 3 aliphatic rings. The highest BCUT2D eigenvalue weighted by Gasteiger charge is 2.62. The second-order valence-corrected chi connectivity index (χ2v) is 11.8. The van der Waals surface area contributed by atoms with Crippen LogP contribution in [0, 0.1) is 0 Å². The van der Waals surface area contributed by atoms with Crippen LogP contribution < -0.4 is 11.0 Å². The number of nitrogens with one attached hydrogen (secondary N) is 2. The molecule has 230 valence electrons. The van der Waals surface area contributed by atoms with Crippen LogP contribution in [0.15, 0.2) is 32.3 Å². The summed E-state index contributed by atoms with van der Waals surface area (Å²) >= 11 is 3.46. The van der Waals surface area contributed by atoms with E-state index in [-0.39, 0.29) is 41.4 Å². The minimum absolute atomic E-state index is 0.0518. The number of ketones is 4. The van der Waals surface area contributed by atoms with Gasteiger partial charge in [-0.25, -0.2) is 5.43 Å². The number of methoxy groups -OCH3 is 1. The van der Waals surface area contributed by atoms with Gasteiger partial charge in [0.1, 0.15) is 22.7 Å². The summed E-state index contributed by atoms with van der Waals surface area (Å²) in [5.74, 6) is -7.35. The number of allylic oxidation sites excluding steroid dienone is 2. The summed E-state index contributed by atoms with van der Waals surface area (Å²) in [6.45, 7) is 0.0794. The molecule has 0 saturated heterocycles. The Hall–Kier alpha value is -5.15. The second-order valence-electron chi connectivity index (χ2n) is 11.1. The number of hydrogen-bond acceptors (Lipinski definition) is 12. The van der Waals surface area contributed by atoms with Gasteiger partial charge in [0.25, 0.3) is 11.5 Å². The number of rotatable bonds is 5. The molecule has 1 spiro atoms. The topological polar surface area (TPSA) is 216 Å². The molecule has 0 saturated carbocycles. The number of amides is 1. The number of benzene rings is 2. The monoisotopic (exact) mass is 678 g/mol. The third kappa shape index (κ3) is 4.00. The number of nitrogens with zero attached hydrogens (tertiary/aromatic N) is 2. The van der Waals surface area contributed by atoms with Crippen LogP contribution >= 0.6 is 15.9 Å². The highest BCUT2D eigenvalue weighted by molar-refractivity contribution is 9.10. The summed E-state index contributed by atoms with van der Waals surface area (Å²) in [4.78, 5) is 83.5. The first-order chi connectivity index (χ1) is 21.3. The van der Waals surface area contributed by atoms with E-state index in [2.05, 4.69) is 31.4 Å². The molecular formula is C30H23BrN4O10. The number of aromatic nitrogens is 1. The molecule has 5 N–H and O–H groups in total. The third-order valence-electron chi connectivity index (χ3n) is 8.22. The molecule has 2 aromatic carbocycles. The zero-order valence-electron chi connectivity index (χ0n) is 23.8. The van der Waals surface area contributed by atoms with Gasteiger partial charge in [0.2, 0.25) is 5.78 Å². The van der Waals surface area contributed by atoms with E-state index in [1.165, 1.54) is 12.3 Å². The van der Waals surface area contributed by atoms with Crippen LogP contribution in [0.2, 0.25) is 0 Å². The molecule has 0 aliphatic heterocycles. The SMILES string of the molecule is COC1=CC(=O)c2c(O)c3c(c(O)c2C1=O)C(=O)[C@]1(CCc2c1c(O)c1c(=O)[nH]c(C=NNC(=O)CN(C)C)cc1c2Br)C3=O. The maximum Gasteiger partial charge on any atom is 0.260 e. The predicted octanol–water partition coefficient (Wildman–Crippen LogP) is 1.59.